The van der Waals surface area contributed by atoms with Crippen molar-refractivity contribution in [3.8, 4) is 0 Å². The molecular weight excluding hydrogens is 397 g/mol. The van der Waals surface area contributed by atoms with Crippen molar-refractivity contribution < 1.29 is 18.8 Å². The Bertz CT molecular complexity index is 933. The highest BCUT2D eigenvalue weighted by molar-refractivity contribution is 6.30. The van der Waals surface area contributed by atoms with Gasteiger partial charge in [0.25, 0.3) is 5.91 Å². The second kappa shape index (κ2) is 8.21. The SMILES string of the molecule is CC[C@@]1(c2ccc(Cl)cc2)NC(=O)N(CC(=O)N[C@@H](C)c2ccc(F)cc2)C1=O. The molecule has 1 saturated heterocycles. The lowest BCUT2D eigenvalue weighted by molar-refractivity contribution is -0.135. The molecule has 0 radical (unpaired) electrons. The summed E-state index contributed by atoms with van der Waals surface area (Å²) in [5, 5.41) is 5.96. The summed E-state index contributed by atoms with van der Waals surface area (Å²) in [5.41, 5.74) is 0.0798. The van der Waals surface area contributed by atoms with Gasteiger partial charge in [-0.3, -0.25) is 14.5 Å². The van der Waals surface area contributed by atoms with Crippen LogP contribution in [0.5, 0.6) is 0 Å². The molecule has 0 unspecified atom stereocenters. The standard InChI is InChI=1S/C21H21ClFN3O3/c1-3-21(15-6-8-16(22)9-7-15)19(28)26(20(29)25-21)12-18(27)24-13(2)14-4-10-17(23)11-5-14/h4-11,13H,3,12H2,1-2H3,(H,24,27)(H,25,29)/t13-,21-/m0/s1. The highest BCUT2D eigenvalue weighted by Crippen LogP contribution is 2.33. The van der Waals surface area contributed by atoms with Crippen LogP contribution in [0.15, 0.2) is 48.5 Å². The molecule has 1 heterocycles. The first-order valence-corrected chi connectivity index (χ1v) is 9.59. The Kier molecular flexibility index (Phi) is 5.88. The molecule has 29 heavy (non-hydrogen) atoms. The summed E-state index contributed by atoms with van der Waals surface area (Å²) in [7, 11) is 0. The molecule has 0 bridgehead atoms. The summed E-state index contributed by atoms with van der Waals surface area (Å²) in [6, 6.07) is 11.4. The van der Waals surface area contributed by atoms with E-state index >= 15 is 0 Å². The van der Waals surface area contributed by atoms with E-state index in [1.54, 1.807) is 50.2 Å². The van der Waals surface area contributed by atoms with Gasteiger partial charge in [0.05, 0.1) is 6.04 Å². The van der Waals surface area contributed by atoms with E-state index in [0.717, 1.165) is 4.90 Å². The summed E-state index contributed by atoms with van der Waals surface area (Å²) >= 11 is 5.92. The smallest absolute Gasteiger partial charge is 0.325 e. The average Bonchev–Trinajstić information content (AvgIpc) is 2.94. The lowest BCUT2D eigenvalue weighted by atomic mass is 9.87. The minimum atomic E-state index is -1.23. The number of benzene rings is 2. The molecule has 0 aromatic heterocycles. The molecule has 0 saturated carbocycles. The Hall–Kier alpha value is -2.93. The molecule has 1 aliphatic heterocycles. The van der Waals surface area contributed by atoms with Crippen LogP contribution in [0.2, 0.25) is 5.02 Å². The molecule has 2 N–H and O–H groups in total. The van der Waals surface area contributed by atoms with Crippen molar-refractivity contribution in [2.45, 2.75) is 31.8 Å². The van der Waals surface area contributed by atoms with Gasteiger partial charge in [-0.05, 0) is 48.7 Å². The van der Waals surface area contributed by atoms with Gasteiger partial charge in [0.1, 0.15) is 17.9 Å². The summed E-state index contributed by atoms with van der Waals surface area (Å²) in [6.07, 6.45) is 0.323. The van der Waals surface area contributed by atoms with E-state index in [9.17, 15) is 18.8 Å². The van der Waals surface area contributed by atoms with E-state index in [2.05, 4.69) is 10.6 Å². The van der Waals surface area contributed by atoms with Gasteiger partial charge in [-0.1, -0.05) is 42.8 Å². The van der Waals surface area contributed by atoms with Gasteiger partial charge in [-0.2, -0.15) is 0 Å². The molecule has 6 nitrogen and oxygen atoms in total. The number of hydrogen-bond acceptors (Lipinski definition) is 3. The van der Waals surface area contributed by atoms with Crippen LogP contribution in [0.4, 0.5) is 9.18 Å². The number of carbonyl (C=O) groups is 3. The topological polar surface area (TPSA) is 78.5 Å². The molecule has 152 valence electrons. The van der Waals surface area contributed by atoms with Crippen molar-refractivity contribution in [1.29, 1.82) is 0 Å². The van der Waals surface area contributed by atoms with Crippen molar-refractivity contribution >= 4 is 29.4 Å². The molecule has 8 heteroatoms. The van der Waals surface area contributed by atoms with Crippen LogP contribution in [0, 0.1) is 5.82 Å². The Morgan fingerprint density at radius 2 is 1.79 bits per heavy atom. The minimum Gasteiger partial charge on any atom is -0.348 e. The van der Waals surface area contributed by atoms with Crippen molar-refractivity contribution in [3.63, 3.8) is 0 Å². The molecule has 1 fully saturated rings. The number of hydrogen-bond donors (Lipinski definition) is 2. The van der Waals surface area contributed by atoms with Crippen LogP contribution in [0.3, 0.4) is 0 Å². The Morgan fingerprint density at radius 3 is 2.38 bits per heavy atom. The van der Waals surface area contributed by atoms with E-state index in [4.69, 9.17) is 11.6 Å². The monoisotopic (exact) mass is 417 g/mol. The molecule has 2 aromatic carbocycles. The molecule has 1 aliphatic rings. The fourth-order valence-electron chi connectivity index (χ4n) is 3.41. The highest BCUT2D eigenvalue weighted by atomic mass is 35.5. The fraction of sp³-hybridized carbons (Fsp3) is 0.286. The number of amides is 4. The maximum absolute atomic E-state index is 13.1. The Balaban J connectivity index is 1.73. The van der Waals surface area contributed by atoms with Crippen molar-refractivity contribution in [2.24, 2.45) is 0 Å². The number of carbonyl (C=O) groups excluding carboxylic acids is 3. The normalized spacial score (nSPS) is 19.8. The zero-order valence-corrected chi connectivity index (χ0v) is 16.8. The molecule has 0 spiro atoms. The third-order valence-electron chi connectivity index (χ3n) is 5.09. The maximum atomic E-state index is 13.1. The van der Waals surface area contributed by atoms with Gasteiger partial charge in [0.15, 0.2) is 0 Å². The van der Waals surface area contributed by atoms with Gasteiger partial charge in [-0.25, -0.2) is 9.18 Å². The van der Waals surface area contributed by atoms with E-state index in [1.165, 1.54) is 12.1 Å². The van der Waals surface area contributed by atoms with Crippen molar-refractivity contribution in [3.05, 3.63) is 70.5 Å². The molecular formula is C21H21ClFN3O3. The van der Waals surface area contributed by atoms with Crippen molar-refractivity contribution in [2.75, 3.05) is 6.54 Å². The summed E-state index contributed by atoms with van der Waals surface area (Å²) < 4.78 is 13.1. The van der Waals surface area contributed by atoms with Crippen LogP contribution in [-0.4, -0.2) is 29.3 Å². The first kappa shape index (κ1) is 20.8. The molecule has 2 atom stereocenters. The molecule has 0 aliphatic carbocycles. The lowest BCUT2D eigenvalue weighted by Crippen LogP contribution is -2.45. The number of urea groups is 1. The fourth-order valence-corrected chi connectivity index (χ4v) is 3.54. The third kappa shape index (κ3) is 4.10. The first-order valence-electron chi connectivity index (χ1n) is 9.22. The van der Waals surface area contributed by atoms with E-state index in [-0.39, 0.29) is 5.82 Å². The summed E-state index contributed by atoms with van der Waals surface area (Å²) in [4.78, 5) is 38.9. The second-order valence-corrected chi connectivity index (χ2v) is 7.36. The van der Waals surface area contributed by atoms with E-state index in [0.29, 0.717) is 22.6 Å². The highest BCUT2D eigenvalue weighted by Gasteiger charge is 2.51. The zero-order chi connectivity index (χ0) is 21.2. The first-order chi connectivity index (χ1) is 13.8. The van der Waals surface area contributed by atoms with Crippen LogP contribution < -0.4 is 10.6 Å². The van der Waals surface area contributed by atoms with Gasteiger partial charge >= 0.3 is 6.03 Å². The Morgan fingerprint density at radius 1 is 1.17 bits per heavy atom. The minimum absolute atomic E-state index is 0.323. The summed E-state index contributed by atoms with van der Waals surface area (Å²) in [5.74, 6) is -1.35. The van der Waals surface area contributed by atoms with Crippen molar-refractivity contribution in [1.82, 2.24) is 15.5 Å². The van der Waals surface area contributed by atoms with Gasteiger partial charge in [0, 0.05) is 5.02 Å². The Labute approximate surface area is 173 Å². The number of imide groups is 1. The van der Waals surface area contributed by atoms with E-state index in [1.807, 2.05) is 0 Å². The van der Waals surface area contributed by atoms with E-state index < -0.39 is 36.0 Å². The summed E-state index contributed by atoms with van der Waals surface area (Å²) in [6.45, 7) is 3.11. The lowest BCUT2D eigenvalue weighted by Gasteiger charge is -2.26. The maximum Gasteiger partial charge on any atom is 0.325 e. The predicted molar refractivity (Wildman–Crippen MR) is 107 cm³/mol. The van der Waals surface area contributed by atoms with Crippen LogP contribution in [0.1, 0.15) is 37.4 Å². The second-order valence-electron chi connectivity index (χ2n) is 6.93. The van der Waals surface area contributed by atoms with Gasteiger partial charge < -0.3 is 10.6 Å². The largest absolute Gasteiger partial charge is 0.348 e. The van der Waals surface area contributed by atoms with Crippen LogP contribution in [0.25, 0.3) is 0 Å². The zero-order valence-electron chi connectivity index (χ0n) is 16.0. The van der Waals surface area contributed by atoms with Gasteiger partial charge in [-0.15, -0.1) is 0 Å². The average molecular weight is 418 g/mol. The molecule has 4 amide bonds. The quantitative estimate of drug-likeness (QED) is 0.706. The third-order valence-corrected chi connectivity index (χ3v) is 5.34. The molecule has 2 aromatic rings. The molecule has 3 rings (SSSR count). The number of rotatable bonds is 6. The van der Waals surface area contributed by atoms with Gasteiger partial charge in [0.2, 0.25) is 5.91 Å². The number of halogens is 2. The number of nitrogens with one attached hydrogen (secondary N) is 2. The number of nitrogens with zero attached hydrogens (tertiary/aromatic N) is 1. The van der Waals surface area contributed by atoms with Crippen LogP contribution in [-0.2, 0) is 15.1 Å². The van der Waals surface area contributed by atoms with Crippen LogP contribution >= 0.6 is 11.6 Å². The predicted octanol–water partition coefficient (Wildman–Crippen LogP) is 3.51.